The summed E-state index contributed by atoms with van der Waals surface area (Å²) in [6, 6.07) is 10.1. The van der Waals surface area contributed by atoms with Crippen molar-refractivity contribution in [3.05, 3.63) is 54.2 Å². The van der Waals surface area contributed by atoms with E-state index in [1.165, 1.54) is 6.26 Å². The molecule has 0 radical (unpaired) electrons. The Hall–Kier alpha value is -3.62. The molecule has 0 aliphatic carbocycles. The lowest BCUT2D eigenvalue weighted by Crippen LogP contribution is -2.32. The van der Waals surface area contributed by atoms with Crippen LogP contribution < -0.4 is 10.6 Å². The number of benzene rings is 1. The van der Waals surface area contributed by atoms with Crippen LogP contribution in [0.1, 0.15) is 30.8 Å². The van der Waals surface area contributed by atoms with E-state index in [1.54, 1.807) is 12.1 Å². The number of nitrogens with one attached hydrogen (secondary N) is 3. The highest BCUT2D eigenvalue weighted by atomic mass is 16.3. The third-order valence-corrected chi connectivity index (χ3v) is 5.01. The number of carbonyl (C=O) groups is 3. The number of aryl methyl sites for hydroxylation is 1. The smallest absolute Gasteiger partial charge is 0.325 e. The lowest BCUT2D eigenvalue weighted by Gasteiger charge is -2.11. The Balaban J connectivity index is 1.16. The van der Waals surface area contributed by atoms with Gasteiger partial charge in [-0.05, 0) is 37.1 Å². The van der Waals surface area contributed by atoms with Gasteiger partial charge in [-0.3, -0.25) is 14.5 Å². The number of para-hydroxylation sites is 2. The predicted octanol–water partition coefficient (Wildman–Crippen LogP) is 2.11. The van der Waals surface area contributed by atoms with Crippen molar-refractivity contribution in [2.75, 3.05) is 6.54 Å². The quantitative estimate of drug-likeness (QED) is 0.369. The Labute approximate surface area is 172 Å². The molecule has 1 aliphatic heterocycles. The first kappa shape index (κ1) is 19.7. The Kier molecular flexibility index (Phi) is 5.78. The Morgan fingerprint density at radius 3 is 2.87 bits per heavy atom. The maximum absolute atomic E-state index is 12.4. The van der Waals surface area contributed by atoms with Crippen LogP contribution in [0.2, 0.25) is 0 Å². The average molecular weight is 409 g/mol. The molecule has 1 saturated heterocycles. The molecule has 156 valence electrons. The number of carbonyl (C=O) groups excluding carboxylic acids is 3. The van der Waals surface area contributed by atoms with Crippen LogP contribution in [0.4, 0.5) is 4.79 Å². The number of aromatic amines is 1. The van der Waals surface area contributed by atoms with Crippen LogP contribution in [-0.4, -0.2) is 45.3 Å². The van der Waals surface area contributed by atoms with E-state index in [1.807, 2.05) is 24.3 Å². The molecule has 1 aromatic carbocycles. The van der Waals surface area contributed by atoms with E-state index < -0.39 is 12.1 Å². The first-order valence-electron chi connectivity index (χ1n) is 9.95. The number of aromatic nitrogens is 2. The van der Waals surface area contributed by atoms with E-state index in [0.717, 1.165) is 34.6 Å². The number of nitrogens with zero attached hydrogens (tertiary/aromatic N) is 2. The van der Waals surface area contributed by atoms with Crippen LogP contribution in [0, 0.1) is 0 Å². The number of imide groups is 1. The Morgan fingerprint density at radius 1 is 1.20 bits per heavy atom. The molecule has 3 heterocycles. The molecule has 0 saturated carbocycles. The summed E-state index contributed by atoms with van der Waals surface area (Å²) < 4.78 is 5.18. The number of rotatable bonds is 9. The van der Waals surface area contributed by atoms with Crippen LogP contribution in [-0.2, 0) is 22.6 Å². The van der Waals surface area contributed by atoms with Crippen molar-refractivity contribution in [1.82, 2.24) is 25.5 Å². The predicted molar refractivity (Wildman–Crippen MR) is 108 cm³/mol. The second-order valence-electron chi connectivity index (χ2n) is 7.20. The topological polar surface area (TPSA) is 120 Å². The fourth-order valence-electron chi connectivity index (χ4n) is 3.45. The van der Waals surface area contributed by atoms with Crippen molar-refractivity contribution >= 4 is 28.9 Å². The molecule has 2 aromatic heterocycles. The van der Waals surface area contributed by atoms with Crippen molar-refractivity contribution in [2.45, 2.75) is 38.3 Å². The standard InChI is InChI=1S/C21H23N5O4/c27-19(22-11-3-8-18-23-15-6-1-2-7-16(15)24-18)10-9-17-20(28)26(21(29)25-17)13-14-5-4-12-30-14/h1-2,4-7,12,17H,3,8-11,13H2,(H,22,27)(H,23,24)(H,25,29)/t17-/m1/s1. The van der Waals surface area contributed by atoms with Crippen molar-refractivity contribution in [2.24, 2.45) is 0 Å². The summed E-state index contributed by atoms with van der Waals surface area (Å²) in [5.41, 5.74) is 1.93. The molecule has 30 heavy (non-hydrogen) atoms. The minimum Gasteiger partial charge on any atom is -0.467 e. The molecular weight excluding hydrogens is 386 g/mol. The summed E-state index contributed by atoms with van der Waals surface area (Å²) in [5, 5.41) is 5.48. The van der Waals surface area contributed by atoms with Gasteiger partial charge in [0.1, 0.15) is 17.6 Å². The van der Waals surface area contributed by atoms with Gasteiger partial charge in [-0.15, -0.1) is 0 Å². The molecule has 3 aromatic rings. The molecule has 9 heteroatoms. The summed E-state index contributed by atoms with van der Waals surface area (Å²) in [5.74, 6) is 0.933. The van der Waals surface area contributed by atoms with Gasteiger partial charge in [-0.25, -0.2) is 9.78 Å². The first-order chi connectivity index (χ1) is 14.6. The monoisotopic (exact) mass is 409 g/mol. The fraction of sp³-hybridized carbons (Fsp3) is 0.333. The second-order valence-corrected chi connectivity index (χ2v) is 7.20. The first-order valence-corrected chi connectivity index (χ1v) is 9.95. The summed E-state index contributed by atoms with van der Waals surface area (Å²) in [6.07, 6.45) is 3.39. The molecule has 0 spiro atoms. The highest BCUT2D eigenvalue weighted by Crippen LogP contribution is 2.15. The molecule has 1 fully saturated rings. The van der Waals surface area contributed by atoms with Gasteiger partial charge in [0, 0.05) is 19.4 Å². The van der Waals surface area contributed by atoms with E-state index >= 15 is 0 Å². The van der Waals surface area contributed by atoms with Crippen molar-refractivity contribution in [3.63, 3.8) is 0 Å². The highest BCUT2D eigenvalue weighted by Gasteiger charge is 2.38. The van der Waals surface area contributed by atoms with E-state index in [-0.39, 0.29) is 31.2 Å². The lowest BCUT2D eigenvalue weighted by atomic mass is 10.1. The molecule has 1 aliphatic rings. The van der Waals surface area contributed by atoms with Gasteiger partial charge in [0.05, 0.1) is 23.8 Å². The van der Waals surface area contributed by atoms with Gasteiger partial charge >= 0.3 is 6.03 Å². The van der Waals surface area contributed by atoms with Gasteiger partial charge in [0.2, 0.25) is 5.91 Å². The Bertz CT molecular complexity index is 1010. The van der Waals surface area contributed by atoms with E-state index in [4.69, 9.17) is 4.42 Å². The molecular formula is C21H23N5O4. The van der Waals surface area contributed by atoms with Crippen LogP contribution in [0.3, 0.4) is 0 Å². The van der Waals surface area contributed by atoms with Crippen molar-refractivity contribution in [3.8, 4) is 0 Å². The lowest BCUT2D eigenvalue weighted by molar-refractivity contribution is -0.128. The largest absolute Gasteiger partial charge is 0.467 e. The van der Waals surface area contributed by atoms with Gasteiger partial charge in [-0.2, -0.15) is 0 Å². The van der Waals surface area contributed by atoms with Crippen LogP contribution in [0.25, 0.3) is 11.0 Å². The SMILES string of the molecule is O=C(CC[C@H]1NC(=O)N(Cc2ccco2)C1=O)NCCCc1nc2ccccc2[nH]1. The third kappa shape index (κ3) is 4.51. The number of furan rings is 1. The second kappa shape index (κ2) is 8.81. The maximum Gasteiger partial charge on any atom is 0.325 e. The van der Waals surface area contributed by atoms with E-state index in [2.05, 4.69) is 20.6 Å². The molecule has 3 N–H and O–H groups in total. The minimum absolute atomic E-state index is 0.0855. The zero-order valence-corrected chi connectivity index (χ0v) is 16.4. The minimum atomic E-state index is -0.686. The molecule has 0 bridgehead atoms. The third-order valence-electron chi connectivity index (χ3n) is 5.01. The van der Waals surface area contributed by atoms with E-state index in [0.29, 0.717) is 12.3 Å². The van der Waals surface area contributed by atoms with Crippen LogP contribution >= 0.6 is 0 Å². The highest BCUT2D eigenvalue weighted by molar-refractivity contribution is 6.04. The number of hydrogen-bond donors (Lipinski definition) is 3. The molecule has 4 rings (SSSR count). The number of amides is 4. The van der Waals surface area contributed by atoms with Crippen molar-refractivity contribution < 1.29 is 18.8 Å². The molecule has 0 unspecified atom stereocenters. The molecule has 9 nitrogen and oxygen atoms in total. The van der Waals surface area contributed by atoms with E-state index in [9.17, 15) is 14.4 Å². The average Bonchev–Trinajstić information content (AvgIpc) is 3.46. The number of fused-ring (bicyclic) bond motifs is 1. The molecule has 4 amide bonds. The van der Waals surface area contributed by atoms with Gasteiger partial charge < -0.3 is 20.0 Å². The summed E-state index contributed by atoms with van der Waals surface area (Å²) in [6.45, 7) is 0.605. The summed E-state index contributed by atoms with van der Waals surface area (Å²) >= 11 is 0. The zero-order chi connectivity index (χ0) is 20.9. The van der Waals surface area contributed by atoms with Gasteiger partial charge in [-0.1, -0.05) is 12.1 Å². The van der Waals surface area contributed by atoms with Crippen LogP contribution in [0.5, 0.6) is 0 Å². The summed E-state index contributed by atoms with van der Waals surface area (Å²) in [4.78, 5) is 45.4. The fourth-order valence-corrected chi connectivity index (χ4v) is 3.45. The number of hydrogen-bond acceptors (Lipinski definition) is 5. The van der Waals surface area contributed by atoms with Gasteiger partial charge in [0.15, 0.2) is 0 Å². The number of imidazole rings is 1. The normalized spacial score (nSPS) is 16.3. The maximum atomic E-state index is 12.4. The number of urea groups is 1. The van der Waals surface area contributed by atoms with Crippen molar-refractivity contribution in [1.29, 1.82) is 0 Å². The Morgan fingerprint density at radius 2 is 2.07 bits per heavy atom. The zero-order valence-electron chi connectivity index (χ0n) is 16.4. The molecule has 1 atom stereocenters. The van der Waals surface area contributed by atoms with Gasteiger partial charge in [0.25, 0.3) is 5.91 Å². The summed E-state index contributed by atoms with van der Waals surface area (Å²) in [7, 11) is 0. The van der Waals surface area contributed by atoms with Crippen LogP contribution in [0.15, 0.2) is 47.1 Å². The number of H-pyrrole nitrogens is 1.